The summed E-state index contributed by atoms with van der Waals surface area (Å²) in [6, 6.07) is 3.08. The average Bonchev–Trinajstić information content (AvgIpc) is 2.70. The molecule has 8 heteroatoms. The molecule has 18 heavy (non-hydrogen) atoms. The van der Waals surface area contributed by atoms with Crippen LogP contribution in [0.3, 0.4) is 0 Å². The number of rotatable bonds is 3. The van der Waals surface area contributed by atoms with Crippen molar-refractivity contribution in [2.45, 2.75) is 11.9 Å². The Morgan fingerprint density at radius 3 is 2.67 bits per heavy atom. The van der Waals surface area contributed by atoms with Crippen molar-refractivity contribution in [2.24, 2.45) is 7.05 Å². The Morgan fingerprint density at radius 1 is 1.39 bits per heavy atom. The maximum Gasteiger partial charge on any atom is 0.281 e. The second-order valence-corrected chi connectivity index (χ2v) is 5.77. The number of sulfonamides is 1. The number of hydrogen-bond donors (Lipinski definition) is 1. The third kappa shape index (κ3) is 2.62. The Kier molecular flexibility index (Phi) is 3.27. The van der Waals surface area contributed by atoms with Crippen LogP contribution in [0.15, 0.2) is 29.7 Å². The standard InChI is InChI=1S/C10H11ClN4O2S/c1-7-8(3-4-9(11)13-7)14-18(16,17)10-5-15(2)6-12-10/h3-6,14H,1-2H3. The molecule has 0 aromatic carbocycles. The number of imidazole rings is 1. The summed E-state index contributed by atoms with van der Waals surface area (Å²) in [5.41, 5.74) is 0.882. The molecular weight excluding hydrogens is 276 g/mol. The second-order valence-electron chi connectivity index (χ2n) is 3.75. The van der Waals surface area contributed by atoms with E-state index in [1.165, 1.54) is 18.6 Å². The van der Waals surface area contributed by atoms with E-state index in [1.54, 1.807) is 24.6 Å². The van der Waals surface area contributed by atoms with Crippen LogP contribution in [0.1, 0.15) is 5.69 Å². The molecule has 1 N–H and O–H groups in total. The first kappa shape index (κ1) is 12.8. The third-order valence-corrected chi connectivity index (χ3v) is 3.71. The van der Waals surface area contributed by atoms with Crippen LogP contribution in [-0.2, 0) is 17.1 Å². The molecule has 0 aliphatic heterocycles. The number of nitrogens with one attached hydrogen (secondary N) is 1. The molecule has 0 aliphatic carbocycles. The predicted molar refractivity (Wildman–Crippen MR) is 68.0 cm³/mol. The molecule has 0 unspecified atom stereocenters. The maximum absolute atomic E-state index is 12.0. The quantitative estimate of drug-likeness (QED) is 0.869. The van der Waals surface area contributed by atoms with Gasteiger partial charge in [-0.3, -0.25) is 4.72 Å². The number of hydrogen-bond acceptors (Lipinski definition) is 4. The van der Waals surface area contributed by atoms with Crippen LogP contribution in [0, 0.1) is 6.92 Å². The summed E-state index contributed by atoms with van der Waals surface area (Å²) >= 11 is 5.70. The number of pyridine rings is 1. The van der Waals surface area contributed by atoms with Crippen LogP contribution in [-0.4, -0.2) is 23.0 Å². The Bertz CT molecular complexity index is 681. The highest BCUT2D eigenvalue weighted by Crippen LogP contribution is 2.19. The first-order chi connectivity index (χ1) is 8.38. The molecule has 0 radical (unpaired) electrons. The topological polar surface area (TPSA) is 76.9 Å². The average molecular weight is 287 g/mol. The molecule has 0 saturated heterocycles. The summed E-state index contributed by atoms with van der Waals surface area (Å²) < 4.78 is 28.0. The van der Waals surface area contributed by atoms with Crippen molar-refractivity contribution in [1.29, 1.82) is 0 Å². The zero-order valence-corrected chi connectivity index (χ0v) is 11.3. The van der Waals surface area contributed by atoms with Gasteiger partial charge < -0.3 is 4.57 Å². The zero-order chi connectivity index (χ0) is 13.3. The number of aromatic nitrogens is 3. The lowest BCUT2D eigenvalue weighted by molar-refractivity contribution is 0.598. The Hall–Kier alpha value is -1.60. The van der Waals surface area contributed by atoms with Crippen LogP contribution in [0.4, 0.5) is 5.69 Å². The summed E-state index contributed by atoms with van der Waals surface area (Å²) in [7, 11) is -2.00. The summed E-state index contributed by atoms with van der Waals surface area (Å²) in [4.78, 5) is 7.77. The highest BCUT2D eigenvalue weighted by Gasteiger charge is 2.18. The van der Waals surface area contributed by atoms with Crippen molar-refractivity contribution < 1.29 is 8.42 Å². The van der Waals surface area contributed by atoms with Crippen LogP contribution >= 0.6 is 11.6 Å². The summed E-state index contributed by atoms with van der Waals surface area (Å²) in [6.07, 6.45) is 2.84. The SMILES string of the molecule is Cc1nc(Cl)ccc1NS(=O)(=O)c1cn(C)cn1. The number of nitrogens with zero attached hydrogens (tertiary/aromatic N) is 3. The zero-order valence-electron chi connectivity index (χ0n) is 9.75. The molecule has 2 heterocycles. The molecular formula is C10H11ClN4O2S. The third-order valence-electron chi connectivity index (χ3n) is 2.25. The Morgan fingerprint density at radius 2 is 2.11 bits per heavy atom. The first-order valence-electron chi connectivity index (χ1n) is 5.02. The second kappa shape index (κ2) is 4.58. The molecule has 2 aromatic heterocycles. The highest BCUT2D eigenvalue weighted by molar-refractivity contribution is 7.92. The van der Waals surface area contributed by atoms with Gasteiger partial charge >= 0.3 is 0 Å². The Balaban J connectivity index is 2.33. The molecule has 0 bridgehead atoms. The lowest BCUT2D eigenvalue weighted by Gasteiger charge is -2.08. The van der Waals surface area contributed by atoms with Crippen molar-refractivity contribution in [2.75, 3.05) is 4.72 Å². The van der Waals surface area contributed by atoms with Crippen LogP contribution in [0.25, 0.3) is 0 Å². The molecule has 0 fully saturated rings. The molecule has 0 saturated carbocycles. The van der Waals surface area contributed by atoms with E-state index in [9.17, 15) is 8.42 Å². The van der Waals surface area contributed by atoms with E-state index >= 15 is 0 Å². The summed E-state index contributed by atoms with van der Waals surface area (Å²) in [5, 5.41) is 0.271. The monoisotopic (exact) mass is 286 g/mol. The maximum atomic E-state index is 12.0. The minimum atomic E-state index is -3.69. The van der Waals surface area contributed by atoms with E-state index in [2.05, 4.69) is 14.7 Å². The molecule has 0 spiro atoms. The van der Waals surface area contributed by atoms with Crippen LogP contribution < -0.4 is 4.72 Å². The molecule has 2 rings (SSSR count). The van der Waals surface area contributed by atoms with E-state index < -0.39 is 10.0 Å². The Labute approximate surface area is 110 Å². The normalized spacial score (nSPS) is 11.5. The van der Waals surface area contributed by atoms with E-state index in [0.29, 0.717) is 16.5 Å². The van der Waals surface area contributed by atoms with Gasteiger partial charge in [-0.1, -0.05) is 11.6 Å². The lowest BCUT2D eigenvalue weighted by atomic mass is 10.3. The van der Waals surface area contributed by atoms with E-state index in [4.69, 9.17) is 11.6 Å². The van der Waals surface area contributed by atoms with Crippen molar-refractivity contribution in [3.05, 3.63) is 35.5 Å². The van der Waals surface area contributed by atoms with Gasteiger partial charge in [-0.2, -0.15) is 8.42 Å². The number of anilines is 1. The molecule has 0 amide bonds. The van der Waals surface area contributed by atoms with Gasteiger partial charge in [0.05, 0.1) is 17.7 Å². The molecule has 0 atom stereocenters. The highest BCUT2D eigenvalue weighted by atomic mass is 35.5. The van der Waals surface area contributed by atoms with Crippen LogP contribution in [0.2, 0.25) is 5.15 Å². The molecule has 2 aromatic rings. The lowest BCUT2D eigenvalue weighted by Crippen LogP contribution is -2.14. The van der Waals surface area contributed by atoms with Gasteiger partial charge in [-0.05, 0) is 19.1 Å². The minimum Gasteiger partial charge on any atom is -0.339 e. The largest absolute Gasteiger partial charge is 0.339 e. The van der Waals surface area contributed by atoms with Gasteiger partial charge in [-0.25, -0.2) is 9.97 Å². The summed E-state index contributed by atoms with van der Waals surface area (Å²) in [6.45, 7) is 1.67. The number of halogens is 1. The van der Waals surface area contributed by atoms with E-state index in [-0.39, 0.29) is 5.03 Å². The van der Waals surface area contributed by atoms with Gasteiger partial charge in [0, 0.05) is 13.2 Å². The van der Waals surface area contributed by atoms with Gasteiger partial charge in [0.15, 0.2) is 5.03 Å². The van der Waals surface area contributed by atoms with Gasteiger partial charge in [0.25, 0.3) is 10.0 Å². The van der Waals surface area contributed by atoms with Crippen LogP contribution in [0.5, 0.6) is 0 Å². The van der Waals surface area contributed by atoms with Gasteiger partial charge in [0.1, 0.15) is 5.15 Å². The van der Waals surface area contributed by atoms with E-state index in [0.717, 1.165) is 0 Å². The molecule has 6 nitrogen and oxygen atoms in total. The summed E-state index contributed by atoms with van der Waals surface area (Å²) in [5.74, 6) is 0. The smallest absolute Gasteiger partial charge is 0.281 e. The van der Waals surface area contributed by atoms with Crippen molar-refractivity contribution in [3.8, 4) is 0 Å². The van der Waals surface area contributed by atoms with Crippen molar-refractivity contribution >= 4 is 27.3 Å². The molecule has 96 valence electrons. The number of aryl methyl sites for hydroxylation is 2. The van der Waals surface area contributed by atoms with Gasteiger partial charge in [0.2, 0.25) is 0 Å². The van der Waals surface area contributed by atoms with Gasteiger partial charge in [-0.15, -0.1) is 0 Å². The fraction of sp³-hybridized carbons (Fsp3) is 0.200. The predicted octanol–water partition coefficient (Wildman–Crippen LogP) is 1.58. The molecule has 0 aliphatic rings. The van der Waals surface area contributed by atoms with Crippen molar-refractivity contribution in [1.82, 2.24) is 14.5 Å². The first-order valence-corrected chi connectivity index (χ1v) is 6.88. The van der Waals surface area contributed by atoms with E-state index in [1.807, 2.05) is 0 Å². The fourth-order valence-electron chi connectivity index (χ4n) is 1.36. The fourth-order valence-corrected chi connectivity index (χ4v) is 2.65. The minimum absolute atomic E-state index is 0.0423. The van der Waals surface area contributed by atoms with Crippen molar-refractivity contribution in [3.63, 3.8) is 0 Å².